The Labute approximate surface area is 166 Å². The van der Waals surface area contributed by atoms with E-state index in [9.17, 15) is 19.2 Å². The molecule has 0 saturated carbocycles. The molecule has 1 aliphatic rings. The summed E-state index contributed by atoms with van der Waals surface area (Å²) >= 11 is 0. The summed E-state index contributed by atoms with van der Waals surface area (Å²) in [5, 5.41) is 8.62. The van der Waals surface area contributed by atoms with Crippen LogP contribution in [0.5, 0.6) is 5.75 Å². The van der Waals surface area contributed by atoms with Crippen LogP contribution in [0.25, 0.3) is 5.69 Å². The molecule has 152 valence electrons. The molecule has 3 rings (SSSR count). The van der Waals surface area contributed by atoms with Gasteiger partial charge in [-0.25, -0.2) is 19.1 Å². The van der Waals surface area contributed by atoms with Crippen molar-refractivity contribution in [2.75, 3.05) is 13.7 Å². The lowest BCUT2D eigenvalue weighted by Crippen LogP contribution is -2.46. The van der Waals surface area contributed by atoms with Gasteiger partial charge in [0.25, 0.3) is 5.56 Å². The van der Waals surface area contributed by atoms with Crippen LogP contribution >= 0.6 is 0 Å². The van der Waals surface area contributed by atoms with E-state index in [1.54, 1.807) is 24.3 Å². The van der Waals surface area contributed by atoms with Gasteiger partial charge in [-0.15, -0.1) is 0 Å². The second kappa shape index (κ2) is 8.21. The lowest BCUT2D eigenvalue weighted by molar-refractivity contribution is -0.144. The highest BCUT2D eigenvalue weighted by atomic mass is 16.5. The zero-order chi connectivity index (χ0) is 21.1. The summed E-state index contributed by atoms with van der Waals surface area (Å²) in [5.74, 6) is -2.32. The summed E-state index contributed by atoms with van der Waals surface area (Å²) < 4.78 is 7.44. The molecule has 2 aromatic rings. The van der Waals surface area contributed by atoms with E-state index < -0.39 is 28.9 Å². The van der Waals surface area contributed by atoms with Gasteiger partial charge in [-0.05, 0) is 30.7 Å². The minimum Gasteiger partial charge on any atom is -0.494 e. The molecule has 1 unspecified atom stereocenters. The van der Waals surface area contributed by atoms with Crippen molar-refractivity contribution in [1.29, 1.82) is 0 Å². The Bertz CT molecular complexity index is 1080. The molecule has 0 radical (unpaired) electrons. The molecule has 1 aromatic heterocycles. The van der Waals surface area contributed by atoms with Crippen LogP contribution in [0.1, 0.15) is 31.4 Å². The van der Waals surface area contributed by atoms with Crippen LogP contribution in [0.3, 0.4) is 0 Å². The van der Waals surface area contributed by atoms with Crippen molar-refractivity contribution in [3.63, 3.8) is 0 Å². The zero-order valence-corrected chi connectivity index (χ0v) is 16.4. The number of carbonyl (C=O) groups excluding carboxylic acids is 2. The largest absolute Gasteiger partial charge is 0.494 e. The molecule has 0 aliphatic carbocycles. The fourth-order valence-corrected chi connectivity index (χ4v) is 2.82. The van der Waals surface area contributed by atoms with Crippen LogP contribution in [0.15, 0.2) is 39.0 Å². The molecule has 0 saturated heterocycles. The van der Waals surface area contributed by atoms with Crippen molar-refractivity contribution >= 4 is 17.9 Å². The molecular formula is C19H21N5O5. The summed E-state index contributed by atoms with van der Waals surface area (Å²) in [7, 11) is 2.70. The number of unbranched alkanes of at least 4 members (excludes halogenated alkanes) is 1. The molecule has 1 atom stereocenters. The van der Waals surface area contributed by atoms with Gasteiger partial charge in [0, 0.05) is 20.3 Å². The van der Waals surface area contributed by atoms with Crippen molar-refractivity contribution in [2.45, 2.75) is 25.7 Å². The lowest BCUT2D eigenvalue weighted by atomic mass is 10.00. The highest BCUT2D eigenvalue weighted by Crippen LogP contribution is 2.16. The first-order chi connectivity index (χ1) is 13.8. The summed E-state index contributed by atoms with van der Waals surface area (Å²) in [6, 6.07) is 6.46. The molecule has 0 fully saturated rings. The van der Waals surface area contributed by atoms with Gasteiger partial charge in [-0.2, -0.15) is 10.2 Å². The van der Waals surface area contributed by atoms with Gasteiger partial charge in [0.05, 0.1) is 12.3 Å². The Morgan fingerprint density at radius 1 is 1.07 bits per heavy atom. The number of Topliss-reactive ketones (excluding diaryl/α,β-unsaturated/α-hetero) is 1. The van der Waals surface area contributed by atoms with Crippen LogP contribution in [0.2, 0.25) is 0 Å². The standard InChI is InChI=1S/C19H21N5O5/c1-4-5-10-29-13-8-6-12(7-9-13)24-17(26)15(21-23(3)19(24)28)14-11-20-22(2)18(27)16(14)25/h6-9,11,14H,4-5,10H2,1-3H3. The number of carbonyl (C=O) groups is 2. The van der Waals surface area contributed by atoms with Gasteiger partial charge in [-0.1, -0.05) is 13.3 Å². The minimum absolute atomic E-state index is 0.245. The fraction of sp³-hybridized carbons (Fsp3) is 0.368. The van der Waals surface area contributed by atoms with E-state index in [2.05, 4.69) is 17.1 Å². The summed E-state index contributed by atoms with van der Waals surface area (Å²) in [6.45, 7) is 2.63. The molecule has 0 spiro atoms. The van der Waals surface area contributed by atoms with Gasteiger partial charge in [0.2, 0.25) is 5.78 Å². The van der Waals surface area contributed by atoms with Crippen LogP contribution in [-0.4, -0.2) is 50.9 Å². The first-order valence-electron chi connectivity index (χ1n) is 9.14. The maximum atomic E-state index is 13.0. The Morgan fingerprint density at radius 2 is 1.76 bits per heavy atom. The first-order valence-corrected chi connectivity index (χ1v) is 9.14. The molecule has 1 aromatic carbocycles. The van der Waals surface area contributed by atoms with E-state index in [0.29, 0.717) is 18.0 Å². The Hall–Kier alpha value is -3.56. The highest BCUT2D eigenvalue weighted by molar-refractivity contribution is 6.42. The smallest absolute Gasteiger partial charge is 0.351 e. The van der Waals surface area contributed by atoms with E-state index in [1.165, 1.54) is 20.3 Å². The van der Waals surface area contributed by atoms with Crippen LogP contribution in [0.4, 0.5) is 0 Å². The Kier molecular flexibility index (Phi) is 5.71. The monoisotopic (exact) mass is 399 g/mol. The maximum Gasteiger partial charge on any atom is 0.351 e. The van der Waals surface area contributed by atoms with E-state index in [1.807, 2.05) is 0 Å². The lowest BCUT2D eigenvalue weighted by Gasteiger charge is -2.20. The van der Waals surface area contributed by atoms with E-state index in [-0.39, 0.29) is 5.69 Å². The van der Waals surface area contributed by atoms with Gasteiger partial charge in [0.15, 0.2) is 0 Å². The second-order valence-corrected chi connectivity index (χ2v) is 6.56. The number of aromatic nitrogens is 3. The number of hydrogen-bond donors (Lipinski definition) is 0. The van der Waals surface area contributed by atoms with E-state index >= 15 is 0 Å². The number of benzene rings is 1. The summed E-state index contributed by atoms with van der Waals surface area (Å²) in [5.41, 5.74) is -1.41. The number of amides is 1. The van der Waals surface area contributed by atoms with Crippen molar-refractivity contribution < 1.29 is 14.3 Å². The first kappa shape index (κ1) is 20.2. The number of hydrazone groups is 1. The summed E-state index contributed by atoms with van der Waals surface area (Å²) in [6.07, 6.45) is 3.10. The van der Waals surface area contributed by atoms with E-state index in [4.69, 9.17) is 4.74 Å². The molecule has 0 N–H and O–H groups in total. The predicted octanol–water partition coefficient (Wildman–Crippen LogP) is 0.221. The van der Waals surface area contributed by atoms with Crippen molar-refractivity contribution in [3.8, 4) is 11.4 Å². The molecule has 2 heterocycles. The van der Waals surface area contributed by atoms with Crippen molar-refractivity contribution in [2.24, 2.45) is 12.1 Å². The molecule has 1 aliphatic heterocycles. The number of likely N-dealkylation sites (N-methyl/N-ethyl adjacent to an activating group) is 1. The van der Waals surface area contributed by atoms with Gasteiger partial charge >= 0.3 is 11.6 Å². The maximum absolute atomic E-state index is 13.0. The topological polar surface area (TPSA) is 116 Å². The molecule has 10 heteroatoms. The number of ether oxygens (including phenoxy) is 1. The number of aryl methyl sites for hydroxylation is 1. The van der Waals surface area contributed by atoms with E-state index in [0.717, 1.165) is 27.1 Å². The predicted molar refractivity (Wildman–Crippen MR) is 104 cm³/mol. The van der Waals surface area contributed by atoms with Crippen LogP contribution in [0, 0.1) is 0 Å². The molecule has 0 bridgehead atoms. The Morgan fingerprint density at radius 3 is 2.41 bits per heavy atom. The third-order valence-corrected chi connectivity index (χ3v) is 4.48. The average Bonchev–Trinajstić information content (AvgIpc) is 2.71. The van der Waals surface area contributed by atoms with Crippen molar-refractivity contribution in [3.05, 3.63) is 50.8 Å². The molecule has 10 nitrogen and oxygen atoms in total. The van der Waals surface area contributed by atoms with Gasteiger partial charge in [0.1, 0.15) is 17.4 Å². The second-order valence-electron chi connectivity index (χ2n) is 6.56. The average molecular weight is 399 g/mol. The normalized spacial score (nSPS) is 16.4. The molecular weight excluding hydrogens is 378 g/mol. The third kappa shape index (κ3) is 3.86. The highest BCUT2D eigenvalue weighted by Gasteiger charge is 2.35. The van der Waals surface area contributed by atoms with Crippen molar-refractivity contribution in [1.82, 2.24) is 19.4 Å². The van der Waals surface area contributed by atoms with Crippen LogP contribution in [-0.2, 0) is 16.6 Å². The molecule has 29 heavy (non-hydrogen) atoms. The third-order valence-electron chi connectivity index (χ3n) is 4.48. The van der Waals surface area contributed by atoms with Crippen LogP contribution < -0.4 is 16.0 Å². The molecule has 1 amide bonds. The zero-order valence-electron chi connectivity index (χ0n) is 16.4. The quantitative estimate of drug-likeness (QED) is 0.507. The Balaban J connectivity index is 2.04. The summed E-state index contributed by atoms with van der Waals surface area (Å²) in [4.78, 5) is 49.8. The minimum atomic E-state index is -1.25. The van der Waals surface area contributed by atoms with Gasteiger partial charge in [-0.3, -0.25) is 14.4 Å². The number of rotatable bonds is 6. The number of nitrogens with zero attached hydrogens (tertiary/aromatic N) is 5. The SMILES string of the molecule is CCCCOc1ccc(-n2c(=O)c(C3C=NN(C)C(=O)C3=O)nn(C)c2=O)cc1. The number of ketones is 1. The number of hydrogen-bond acceptors (Lipinski definition) is 7. The van der Waals surface area contributed by atoms with Gasteiger partial charge < -0.3 is 4.74 Å². The fourth-order valence-electron chi connectivity index (χ4n) is 2.82.